The van der Waals surface area contributed by atoms with E-state index < -0.39 is 27.3 Å². The molecule has 3 rings (SSSR count). The standard InChI is InChI=1S/C21H24BrFN2O4S/c1-14-10-25(11-15(2)29-14)20-7-6-18(9-19(20)23)24-21(26)13-30(27,28)12-16-4-3-5-17(22)8-16/h3-9,14-15H,10-13H2,1-2H3,(H,24,26). The van der Waals surface area contributed by atoms with Gasteiger partial charge in [0.1, 0.15) is 11.6 Å². The second-order valence-corrected chi connectivity index (χ2v) is 10.5. The van der Waals surface area contributed by atoms with E-state index in [1.54, 1.807) is 36.4 Å². The first-order valence-corrected chi connectivity index (χ1v) is 12.2. The Hall–Kier alpha value is -1.97. The molecule has 1 amide bonds. The number of hydrogen-bond donors (Lipinski definition) is 1. The smallest absolute Gasteiger partial charge is 0.239 e. The van der Waals surface area contributed by atoms with Gasteiger partial charge < -0.3 is 15.0 Å². The monoisotopic (exact) mass is 498 g/mol. The fraction of sp³-hybridized carbons (Fsp3) is 0.381. The highest BCUT2D eigenvalue weighted by Gasteiger charge is 2.24. The van der Waals surface area contributed by atoms with Crippen molar-refractivity contribution in [2.45, 2.75) is 31.8 Å². The van der Waals surface area contributed by atoms with E-state index in [1.807, 2.05) is 18.7 Å². The molecule has 2 unspecified atom stereocenters. The summed E-state index contributed by atoms with van der Waals surface area (Å²) in [6, 6.07) is 11.3. The van der Waals surface area contributed by atoms with E-state index >= 15 is 0 Å². The molecule has 2 aromatic carbocycles. The maximum absolute atomic E-state index is 14.6. The maximum Gasteiger partial charge on any atom is 0.239 e. The van der Waals surface area contributed by atoms with E-state index in [9.17, 15) is 17.6 Å². The molecule has 0 radical (unpaired) electrons. The summed E-state index contributed by atoms with van der Waals surface area (Å²) in [5, 5.41) is 2.47. The van der Waals surface area contributed by atoms with Gasteiger partial charge in [0.25, 0.3) is 0 Å². The minimum atomic E-state index is -3.67. The van der Waals surface area contributed by atoms with Gasteiger partial charge in [0, 0.05) is 23.2 Å². The number of nitrogens with zero attached hydrogens (tertiary/aromatic N) is 1. The van der Waals surface area contributed by atoms with Crippen molar-refractivity contribution in [3.05, 3.63) is 58.3 Å². The van der Waals surface area contributed by atoms with Gasteiger partial charge in [-0.2, -0.15) is 0 Å². The van der Waals surface area contributed by atoms with Crippen LogP contribution in [0.4, 0.5) is 15.8 Å². The molecule has 2 atom stereocenters. The first-order valence-electron chi connectivity index (χ1n) is 9.56. The Balaban J connectivity index is 1.63. The van der Waals surface area contributed by atoms with Gasteiger partial charge in [-0.1, -0.05) is 28.1 Å². The lowest BCUT2D eigenvalue weighted by molar-refractivity contribution is -0.113. The fourth-order valence-corrected chi connectivity index (χ4v) is 5.25. The largest absolute Gasteiger partial charge is 0.372 e. The molecule has 162 valence electrons. The average Bonchev–Trinajstić information content (AvgIpc) is 2.59. The first-order chi connectivity index (χ1) is 14.1. The number of carbonyl (C=O) groups excluding carboxylic acids is 1. The molecule has 0 aromatic heterocycles. The summed E-state index contributed by atoms with van der Waals surface area (Å²) in [6.45, 7) is 5.01. The topological polar surface area (TPSA) is 75.7 Å². The van der Waals surface area contributed by atoms with Gasteiger partial charge in [-0.25, -0.2) is 12.8 Å². The molecule has 1 aliphatic heterocycles. The quantitative estimate of drug-likeness (QED) is 0.656. The maximum atomic E-state index is 14.6. The van der Waals surface area contributed by atoms with Crippen LogP contribution in [-0.2, 0) is 25.1 Å². The molecule has 1 fully saturated rings. The van der Waals surface area contributed by atoms with Crippen molar-refractivity contribution >= 4 is 43.0 Å². The molecule has 1 aliphatic rings. The SMILES string of the molecule is CC1CN(c2ccc(NC(=O)CS(=O)(=O)Cc3cccc(Br)c3)cc2F)CC(C)O1. The van der Waals surface area contributed by atoms with E-state index in [0.29, 0.717) is 24.3 Å². The van der Waals surface area contributed by atoms with Crippen LogP contribution in [0.15, 0.2) is 46.9 Å². The number of rotatable bonds is 6. The Labute approximate surface area is 184 Å². The summed E-state index contributed by atoms with van der Waals surface area (Å²) in [5.41, 5.74) is 1.23. The van der Waals surface area contributed by atoms with Crippen molar-refractivity contribution < 1.29 is 22.3 Å². The molecular weight excluding hydrogens is 475 g/mol. The lowest BCUT2D eigenvalue weighted by atomic mass is 10.2. The van der Waals surface area contributed by atoms with Gasteiger partial charge in [0.05, 0.1) is 23.6 Å². The van der Waals surface area contributed by atoms with Crippen LogP contribution in [0.1, 0.15) is 19.4 Å². The molecule has 30 heavy (non-hydrogen) atoms. The summed E-state index contributed by atoms with van der Waals surface area (Å²) in [4.78, 5) is 14.1. The fourth-order valence-electron chi connectivity index (χ4n) is 3.54. The Morgan fingerprint density at radius 2 is 1.90 bits per heavy atom. The predicted octanol–water partition coefficient (Wildman–Crippen LogP) is 3.76. The van der Waals surface area contributed by atoms with E-state index in [0.717, 1.165) is 4.47 Å². The van der Waals surface area contributed by atoms with Gasteiger partial charge in [0.2, 0.25) is 5.91 Å². The van der Waals surface area contributed by atoms with Gasteiger partial charge in [-0.3, -0.25) is 4.79 Å². The molecular formula is C21H24BrFN2O4S. The van der Waals surface area contributed by atoms with Crippen LogP contribution in [0.3, 0.4) is 0 Å². The van der Waals surface area contributed by atoms with E-state index in [-0.39, 0.29) is 23.6 Å². The van der Waals surface area contributed by atoms with Crippen molar-refractivity contribution in [2.75, 3.05) is 29.1 Å². The second-order valence-electron chi connectivity index (χ2n) is 7.54. The van der Waals surface area contributed by atoms with Crippen LogP contribution in [0.25, 0.3) is 0 Å². The number of morpholine rings is 1. The molecule has 2 aromatic rings. The third-order valence-corrected chi connectivity index (χ3v) is 6.59. The van der Waals surface area contributed by atoms with Crippen LogP contribution in [0.2, 0.25) is 0 Å². The summed E-state index contributed by atoms with van der Waals surface area (Å²) < 4.78 is 45.7. The first kappa shape index (κ1) is 22.7. The molecule has 6 nitrogen and oxygen atoms in total. The van der Waals surface area contributed by atoms with Crippen molar-refractivity contribution in [3.63, 3.8) is 0 Å². The minimum absolute atomic E-state index is 0.0111. The van der Waals surface area contributed by atoms with Crippen LogP contribution < -0.4 is 10.2 Å². The highest BCUT2D eigenvalue weighted by Crippen LogP contribution is 2.26. The molecule has 0 spiro atoms. The van der Waals surface area contributed by atoms with Crippen LogP contribution >= 0.6 is 15.9 Å². The number of hydrogen-bond acceptors (Lipinski definition) is 5. The van der Waals surface area contributed by atoms with E-state index in [2.05, 4.69) is 21.2 Å². The zero-order valence-corrected chi connectivity index (χ0v) is 19.2. The number of amides is 1. The van der Waals surface area contributed by atoms with Gasteiger partial charge >= 0.3 is 0 Å². The second kappa shape index (κ2) is 9.45. The molecule has 1 heterocycles. The third kappa shape index (κ3) is 6.26. The van der Waals surface area contributed by atoms with Gasteiger partial charge in [-0.15, -0.1) is 0 Å². The Bertz CT molecular complexity index is 1020. The highest BCUT2D eigenvalue weighted by molar-refractivity contribution is 9.10. The molecule has 1 N–H and O–H groups in total. The Morgan fingerprint density at radius 1 is 1.20 bits per heavy atom. The summed E-state index contributed by atoms with van der Waals surface area (Å²) in [7, 11) is -3.67. The molecule has 0 saturated carbocycles. The minimum Gasteiger partial charge on any atom is -0.372 e. The average molecular weight is 499 g/mol. The van der Waals surface area contributed by atoms with Crippen LogP contribution in [-0.4, -0.2) is 45.4 Å². The molecule has 0 aliphatic carbocycles. The number of benzene rings is 2. The number of nitrogens with one attached hydrogen (secondary N) is 1. The zero-order valence-electron chi connectivity index (χ0n) is 16.8. The van der Waals surface area contributed by atoms with Crippen molar-refractivity contribution in [1.29, 1.82) is 0 Å². The number of ether oxygens (including phenoxy) is 1. The third-order valence-electron chi connectivity index (χ3n) is 4.62. The van der Waals surface area contributed by atoms with Crippen molar-refractivity contribution in [3.8, 4) is 0 Å². The normalized spacial score (nSPS) is 19.5. The summed E-state index contributed by atoms with van der Waals surface area (Å²) in [6.07, 6.45) is -0.0223. The Morgan fingerprint density at radius 3 is 2.53 bits per heavy atom. The van der Waals surface area contributed by atoms with Crippen molar-refractivity contribution in [2.24, 2.45) is 0 Å². The lowest BCUT2D eigenvalue weighted by Crippen LogP contribution is -2.45. The Kier molecular flexibility index (Phi) is 7.15. The number of anilines is 2. The van der Waals surface area contributed by atoms with Crippen molar-refractivity contribution in [1.82, 2.24) is 0 Å². The lowest BCUT2D eigenvalue weighted by Gasteiger charge is -2.37. The molecule has 0 bridgehead atoms. The number of carbonyl (C=O) groups is 1. The van der Waals surface area contributed by atoms with Crippen LogP contribution in [0, 0.1) is 5.82 Å². The summed E-state index contributed by atoms with van der Waals surface area (Å²) >= 11 is 3.29. The highest BCUT2D eigenvalue weighted by atomic mass is 79.9. The number of halogens is 2. The molecule has 1 saturated heterocycles. The van der Waals surface area contributed by atoms with Gasteiger partial charge in [0.15, 0.2) is 9.84 Å². The van der Waals surface area contributed by atoms with Crippen LogP contribution in [0.5, 0.6) is 0 Å². The molecule has 9 heteroatoms. The van der Waals surface area contributed by atoms with Gasteiger partial charge in [-0.05, 0) is 49.7 Å². The summed E-state index contributed by atoms with van der Waals surface area (Å²) in [5.74, 6) is -2.11. The predicted molar refractivity (Wildman–Crippen MR) is 119 cm³/mol. The zero-order chi connectivity index (χ0) is 21.9. The van der Waals surface area contributed by atoms with E-state index in [1.165, 1.54) is 6.07 Å². The van der Waals surface area contributed by atoms with E-state index in [4.69, 9.17) is 4.74 Å². The number of sulfone groups is 1.